The predicted octanol–water partition coefficient (Wildman–Crippen LogP) is 3.97. The van der Waals surface area contributed by atoms with Gasteiger partial charge in [-0.2, -0.15) is 0 Å². The lowest BCUT2D eigenvalue weighted by Gasteiger charge is -2.22. The molecule has 0 aliphatic carbocycles. The molecule has 5 rings (SSSR count). The number of fused-ring (bicyclic) bond motifs is 2. The molecule has 140 valence electrons. The van der Waals surface area contributed by atoms with Crippen LogP contribution in [0, 0.1) is 5.82 Å². The summed E-state index contributed by atoms with van der Waals surface area (Å²) in [5, 5.41) is 4.04. The first-order chi connectivity index (χ1) is 13.7. The molecule has 3 heterocycles. The number of anilines is 2. The van der Waals surface area contributed by atoms with E-state index in [-0.39, 0.29) is 5.82 Å². The molecule has 0 atom stereocenters. The zero-order chi connectivity index (χ0) is 19.1. The molecular formula is C22H19FN4O. The fraction of sp³-hybridized carbons (Fsp3) is 0.182. The molecule has 28 heavy (non-hydrogen) atoms. The van der Waals surface area contributed by atoms with Crippen LogP contribution in [-0.4, -0.2) is 30.2 Å². The predicted molar refractivity (Wildman–Crippen MR) is 108 cm³/mol. The van der Waals surface area contributed by atoms with Gasteiger partial charge >= 0.3 is 0 Å². The van der Waals surface area contributed by atoms with Crippen LogP contribution in [0.25, 0.3) is 16.5 Å². The van der Waals surface area contributed by atoms with Crippen molar-refractivity contribution in [2.75, 3.05) is 25.1 Å². The van der Waals surface area contributed by atoms with E-state index in [1.807, 2.05) is 47.5 Å². The Hall–Kier alpha value is -3.41. The van der Waals surface area contributed by atoms with Crippen LogP contribution in [0.3, 0.4) is 0 Å². The SMILES string of the molecule is COc1ccc2nc(C3=CC=CNC3)nc(N3CCc4cccc(F)c43)c2c1. The summed E-state index contributed by atoms with van der Waals surface area (Å²) in [5.74, 6) is 1.85. The van der Waals surface area contributed by atoms with Crippen LogP contribution in [0.4, 0.5) is 15.9 Å². The Morgan fingerprint density at radius 1 is 1.18 bits per heavy atom. The van der Waals surface area contributed by atoms with Gasteiger partial charge in [-0.1, -0.05) is 18.2 Å². The van der Waals surface area contributed by atoms with E-state index in [1.165, 1.54) is 6.07 Å². The van der Waals surface area contributed by atoms with Gasteiger partial charge in [0, 0.05) is 24.0 Å². The third-order valence-corrected chi connectivity index (χ3v) is 5.17. The summed E-state index contributed by atoms with van der Waals surface area (Å²) >= 11 is 0. The number of rotatable bonds is 3. The number of hydrogen-bond donors (Lipinski definition) is 1. The molecular weight excluding hydrogens is 355 g/mol. The molecule has 0 saturated heterocycles. The average Bonchev–Trinajstić information content (AvgIpc) is 3.18. The Bertz CT molecular complexity index is 1140. The van der Waals surface area contributed by atoms with Crippen LogP contribution >= 0.6 is 0 Å². The zero-order valence-electron chi connectivity index (χ0n) is 15.4. The summed E-state index contributed by atoms with van der Waals surface area (Å²) in [6.45, 7) is 1.33. The highest BCUT2D eigenvalue weighted by atomic mass is 19.1. The number of nitrogens with one attached hydrogen (secondary N) is 1. The van der Waals surface area contributed by atoms with Crippen molar-refractivity contribution in [1.82, 2.24) is 15.3 Å². The zero-order valence-corrected chi connectivity index (χ0v) is 15.4. The van der Waals surface area contributed by atoms with Gasteiger partial charge in [0.25, 0.3) is 0 Å². The van der Waals surface area contributed by atoms with E-state index in [9.17, 15) is 4.39 Å². The van der Waals surface area contributed by atoms with E-state index < -0.39 is 0 Å². The maximum atomic E-state index is 14.7. The number of nitrogens with zero attached hydrogens (tertiary/aromatic N) is 3. The Morgan fingerprint density at radius 2 is 2.11 bits per heavy atom. The van der Waals surface area contributed by atoms with Crippen molar-refractivity contribution >= 4 is 28.0 Å². The van der Waals surface area contributed by atoms with Gasteiger partial charge in [-0.25, -0.2) is 14.4 Å². The molecule has 1 N–H and O–H groups in total. The van der Waals surface area contributed by atoms with Crippen LogP contribution in [0.5, 0.6) is 5.75 Å². The third-order valence-electron chi connectivity index (χ3n) is 5.17. The molecule has 0 spiro atoms. The van der Waals surface area contributed by atoms with Gasteiger partial charge in [0.1, 0.15) is 17.4 Å². The third kappa shape index (κ3) is 2.69. The number of para-hydroxylation sites is 1. The highest BCUT2D eigenvalue weighted by Crippen LogP contribution is 2.39. The molecule has 5 nitrogen and oxygen atoms in total. The number of methoxy groups -OCH3 is 1. The Morgan fingerprint density at radius 3 is 2.93 bits per heavy atom. The summed E-state index contributed by atoms with van der Waals surface area (Å²) in [4.78, 5) is 11.6. The molecule has 0 radical (unpaired) electrons. The second-order valence-electron chi connectivity index (χ2n) is 6.84. The molecule has 2 aromatic carbocycles. The van der Waals surface area contributed by atoms with Gasteiger partial charge in [0.05, 0.1) is 18.3 Å². The lowest BCUT2D eigenvalue weighted by molar-refractivity contribution is 0.415. The van der Waals surface area contributed by atoms with Gasteiger partial charge in [-0.15, -0.1) is 0 Å². The summed E-state index contributed by atoms with van der Waals surface area (Å²) < 4.78 is 20.1. The smallest absolute Gasteiger partial charge is 0.159 e. The quantitative estimate of drug-likeness (QED) is 0.752. The normalized spacial score (nSPS) is 15.4. The van der Waals surface area contributed by atoms with E-state index in [2.05, 4.69) is 5.32 Å². The molecule has 2 aliphatic heterocycles. The van der Waals surface area contributed by atoms with Crippen molar-refractivity contribution in [2.45, 2.75) is 6.42 Å². The minimum Gasteiger partial charge on any atom is -0.497 e. The summed E-state index contributed by atoms with van der Waals surface area (Å²) in [5.41, 5.74) is 3.40. The van der Waals surface area contributed by atoms with Crippen molar-refractivity contribution in [2.24, 2.45) is 0 Å². The molecule has 0 unspecified atom stereocenters. The van der Waals surface area contributed by atoms with E-state index >= 15 is 0 Å². The maximum absolute atomic E-state index is 14.7. The van der Waals surface area contributed by atoms with Gasteiger partial charge in [-0.3, -0.25) is 0 Å². The van der Waals surface area contributed by atoms with E-state index in [4.69, 9.17) is 14.7 Å². The second kappa shape index (κ2) is 6.64. The average molecular weight is 374 g/mol. The lowest BCUT2D eigenvalue weighted by Crippen LogP contribution is -2.19. The number of allylic oxidation sites excluding steroid dienone is 2. The molecule has 2 aliphatic rings. The summed E-state index contributed by atoms with van der Waals surface area (Å²) in [7, 11) is 1.63. The molecule has 3 aromatic rings. The standard InChI is InChI=1S/C22H19FN4O/c1-28-16-7-8-19-17(12-16)22(26-21(25-19)15-5-3-10-24-13-15)27-11-9-14-4-2-6-18(23)20(14)27/h2-8,10,12,24H,9,11,13H2,1H3. The van der Waals surface area contributed by atoms with Crippen molar-refractivity contribution in [3.8, 4) is 5.75 Å². The van der Waals surface area contributed by atoms with Gasteiger partial charge in [0.2, 0.25) is 0 Å². The van der Waals surface area contributed by atoms with Gasteiger partial charge in [-0.05, 0) is 48.5 Å². The van der Waals surface area contributed by atoms with Crippen LogP contribution in [-0.2, 0) is 6.42 Å². The van der Waals surface area contributed by atoms with E-state index in [1.54, 1.807) is 13.2 Å². The number of benzene rings is 2. The minimum absolute atomic E-state index is 0.229. The number of hydrogen-bond acceptors (Lipinski definition) is 5. The lowest BCUT2D eigenvalue weighted by atomic mass is 10.1. The fourth-order valence-corrected chi connectivity index (χ4v) is 3.80. The molecule has 0 fully saturated rings. The number of halogens is 1. The van der Waals surface area contributed by atoms with Crippen molar-refractivity contribution in [3.63, 3.8) is 0 Å². The van der Waals surface area contributed by atoms with Crippen molar-refractivity contribution in [1.29, 1.82) is 0 Å². The molecule has 0 bridgehead atoms. The highest BCUT2D eigenvalue weighted by Gasteiger charge is 2.27. The summed E-state index contributed by atoms with van der Waals surface area (Å²) in [6, 6.07) is 11.0. The second-order valence-corrected chi connectivity index (χ2v) is 6.84. The fourth-order valence-electron chi connectivity index (χ4n) is 3.80. The first-order valence-electron chi connectivity index (χ1n) is 9.25. The van der Waals surface area contributed by atoms with E-state index in [0.29, 0.717) is 30.4 Å². The largest absolute Gasteiger partial charge is 0.497 e. The van der Waals surface area contributed by atoms with Gasteiger partial charge in [0.15, 0.2) is 5.82 Å². The van der Waals surface area contributed by atoms with Crippen LogP contribution in [0.15, 0.2) is 54.8 Å². The van der Waals surface area contributed by atoms with E-state index in [0.717, 1.165) is 34.2 Å². The monoisotopic (exact) mass is 374 g/mol. The first-order valence-corrected chi connectivity index (χ1v) is 9.25. The molecule has 0 saturated carbocycles. The topological polar surface area (TPSA) is 50.3 Å². The Labute approximate surface area is 162 Å². The van der Waals surface area contributed by atoms with Crippen LogP contribution in [0.2, 0.25) is 0 Å². The first kappa shape index (κ1) is 16.7. The Kier molecular flexibility index (Phi) is 3.97. The molecule has 1 aromatic heterocycles. The molecule has 0 amide bonds. The van der Waals surface area contributed by atoms with Crippen LogP contribution < -0.4 is 15.0 Å². The Balaban J connectivity index is 1.75. The number of ether oxygens (including phenoxy) is 1. The minimum atomic E-state index is -0.229. The maximum Gasteiger partial charge on any atom is 0.159 e. The van der Waals surface area contributed by atoms with Crippen LogP contribution in [0.1, 0.15) is 11.4 Å². The van der Waals surface area contributed by atoms with Crippen molar-refractivity contribution in [3.05, 3.63) is 72.0 Å². The number of dihydropyridines is 1. The number of aromatic nitrogens is 2. The summed E-state index contributed by atoms with van der Waals surface area (Å²) in [6.07, 6.45) is 6.61. The van der Waals surface area contributed by atoms with Crippen molar-refractivity contribution < 1.29 is 9.13 Å². The van der Waals surface area contributed by atoms with Gasteiger partial charge < -0.3 is 15.0 Å². The highest BCUT2D eigenvalue weighted by molar-refractivity contribution is 5.94. The molecule has 6 heteroatoms.